The molecule has 0 bridgehead atoms. The number of nitrogens with one attached hydrogen (secondary N) is 1. The summed E-state index contributed by atoms with van der Waals surface area (Å²) in [4.78, 5) is 0. The minimum Gasteiger partial charge on any atom is -0.354 e. The lowest BCUT2D eigenvalue weighted by Gasteiger charge is -2.08. The molecule has 4 heteroatoms. The molecule has 2 aromatic carbocycles. The van der Waals surface area contributed by atoms with Gasteiger partial charge in [0, 0.05) is 10.7 Å². The van der Waals surface area contributed by atoms with Crippen molar-refractivity contribution in [1.29, 1.82) is 5.26 Å². The highest BCUT2D eigenvalue weighted by molar-refractivity contribution is 6.33. The van der Waals surface area contributed by atoms with Gasteiger partial charge in [-0.2, -0.15) is 5.26 Å². The van der Waals surface area contributed by atoms with Crippen LogP contribution >= 0.6 is 23.2 Å². The van der Waals surface area contributed by atoms with Crippen molar-refractivity contribution in [2.75, 3.05) is 5.32 Å². The zero-order valence-electron chi connectivity index (χ0n) is 8.74. The Kier molecular flexibility index (Phi) is 3.53. The van der Waals surface area contributed by atoms with Crippen LogP contribution in [0, 0.1) is 11.3 Å². The Morgan fingerprint density at radius 3 is 2.29 bits per heavy atom. The van der Waals surface area contributed by atoms with E-state index in [1.807, 2.05) is 18.2 Å². The molecule has 0 unspecified atom stereocenters. The maximum absolute atomic E-state index is 8.73. The Bertz CT molecular complexity index is 571. The third kappa shape index (κ3) is 2.91. The fraction of sp³-hybridized carbons (Fsp3) is 0. The van der Waals surface area contributed by atoms with E-state index in [0.29, 0.717) is 15.6 Å². The van der Waals surface area contributed by atoms with Crippen molar-refractivity contribution < 1.29 is 0 Å². The van der Waals surface area contributed by atoms with E-state index in [0.717, 1.165) is 11.4 Å². The highest BCUT2D eigenvalue weighted by Gasteiger charge is 2.02. The first-order valence-corrected chi connectivity index (χ1v) is 5.67. The van der Waals surface area contributed by atoms with Crippen LogP contribution in [-0.4, -0.2) is 0 Å². The summed E-state index contributed by atoms with van der Waals surface area (Å²) in [5.74, 6) is 0. The van der Waals surface area contributed by atoms with Crippen molar-refractivity contribution in [3.05, 3.63) is 58.1 Å². The number of nitriles is 1. The number of rotatable bonds is 2. The van der Waals surface area contributed by atoms with E-state index in [1.165, 1.54) is 0 Å². The molecule has 0 aliphatic rings. The van der Waals surface area contributed by atoms with Crippen LogP contribution in [0.5, 0.6) is 0 Å². The molecule has 0 saturated carbocycles. The normalized spacial score (nSPS) is 9.71. The number of hydrogen-bond donors (Lipinski definition) is 1. The van der Waals surface area contributed by atoms with Gasteiger partial charge in [0.1, 0.15) is 0 Å². The molecular weight excluding hydrogens is 255 g/mol. The summed E-state index contributed by atoms with van der Waals surface area (Å²) in [6, 6.07) is 14.4. The number of halogens is 2. The van der Waals surface area contributed by atoms with Crippen LogP contribution in [0.25, 0.3) is 0 Å². The van der Waals surface area contributed by atoms with E-state index in [4.69, 9.17) is 28.5 Å². The summed E-state index contributed by atoms with van der Waals surface area (Å²) in [7, 11) is 0. The minimum absolute atomic E-state index is 0.513. The monoisotopic (exact) mass is 262 g/mol. The Balaban J connectivity index is 2.25. The molecule has 0 fully saturated rings. The average Bonchev–Trinajstić information content (AvgIpc) is 2.34. The average molecular weight is 263 g/mol. The van der Waals surface area contributed by atoms with Crippen LogP contribution in [0.4, 0.5) is 11.4 Å². The van der Waals surface area contributed by atoms with Crippen LogP contribution in [0.15, 0.2) is 42.5 Å². The predicted molar refractivity (Wildman–Crippen MR) is 70.9 cm³/mol. The molecule has 0 aliphatic heterocycles. The Labute approximate surface area is 109 Å². The molecular formula is C13H8Cl2N2. The van der Waals surface area contributed by atoms with Crippen molar-refractivity contribution in [3.8, 4) is 6.07 Å². The highest BCUT2D eigenvalue weighted by atomic mass is 35.5. The van der Waals surface area contributed by atoms with E-state index in [1.54, 1.807) is 30.3 Å². The van der Waals surface area contributed by atoms with Gasteiger partial charge in [-0.05, 0) is 42.5 Å². The van der Waals surface area contributed by atoms with E-state index >= 15 is 0 Å². The second kappa shape index (κ2) is 5.09. The maximum atomic E-state index is 8.73. The molecule has 0 aliphatic carbocycles. The van der Waals surface area contributed by atoms with E-state index in [2.05, 4.69) is 5.32 Å². The summed E-state index contributed by atoms with van der Waals surface area (Å²) in [6.07, 6.45) is 0. The van der Waals surface area contributed by atoms with Gasteiger partial charge in [-0.1, -0.05) is 23.2 Å². The Morgan fingerprint density at radius 2 is 1.71 bits per heavy atom. The lowest BCUT2D eigenvalue weighted by Crippen LogP contribution is -1.91. The van der Waals surface area contributed by atoms with Crippen molar-refractivity contribution in [3.63, 3.8) is 0 Å². The standard InChI is InChI=1S/C13H8Cl2N2/c14-10-2-4-11(5-3-10)17-13-6-1-9(8-16)7-12(13)15/h1-7,17H. The first-order valence-electron chi connectivity index (χ1n) is 4.91. The topological polar surface area (TPSA) is 35.8 Å². The molecule has 0 aromatic heterocycles. The zero-order valence-corrected chi connectivity index (χ0v) is 10.3. The van der Waals surface area contributed by atoms with E-state index in [9.17, 15) is 0 Å². The SMILES string of the molecule is N#Cc1ccc(Nc2ccc(Cl)cc2)c(Cl)c1. The molecule has 0 atom stereocenters. The van der Waals surface area contributed by atoms with Crippen LogP contribution in [0.1, 0.15) is 5.56 Å². The molecule has 1 N–H and O–H groups in total. The van der Waals surface area contributed by atoms with Gasteiger partial charge in [-0.25, -0.2) is 0 Å². The molecule has 0 heterocycles. The largest absolute Gasteiger partial charge is 0.354 e. The minimum atomic E-state index is 0.513. The van der Waals surface area contributed by atoms with Crippen LogP contribution in [0.2, 0.25) is 10.0 Å². The fourth-order valence-corrected chi connectivity index (χ4v) is 1.73. The zero-order chi connectivity index (χ0) is 12.3. The van der Waals surface area contributed by atoms with Crippen molar-refractivity contribution in [1.82, 2.24) is 0 Å². The Morgan fingerprint density at radius 1 is 1.00 bits per heavy atom. The number of benzene rings is 2. The van der Waals surface area contributed by atoms with Gasteiger partial charge in [0.2, 0.25) is 0 Å². The van der Waals surface area contributed by atoms with Crippen LogP contribution < -0.4 is 5.32 Å². The number of hydrogen-bond acceptors (Lipinski definition) is 2. The van der Waals surface area contributed by atoms with Gasteiger partial charge >= 0.3 is 0 Å². The van der Waals surface area contributed by atoms with Crippen LogP contribution in [0.3, 0.4) is 0 Å². The van der Waals surface area contributed by atoms with Gasteiger partial charge in [0.05, 0.1) is 22.3 Å². The van der Waals surface area contributed by atoms with Crippen molar-refractivity contribution in [2.45, 2.75) is 0 Å². The molecule has 0 radical (unpaired) electrons. The summed E-state index contributed by atoms with van der Waals surface area (Å²) in [5, 5.41) is 13.1. The second-order valence-electron chi connectivity index (χ2n) is 3.44. The molecule has 2 rings (SSSR count). The van der Waals surface area contributed by atoms with Gasteiger partial charge in [0.25, 0.3) is 0 Å². The summed E-state index contributed by atoms with van der Waals surface area (Å²) in [5.41, 5.74) is 2.19. The van der Waals surface area contributed by atoms with Gasteiger partial charge in [0.15, 0.2) is 0 Å². The maximum Gasteiger partial charge on any atom is 0.0992 e. The summed E-state index contributed by atoms with van der Waals surface area (Å²) >= 11 is 11.8. The van der Waals surface area contributed by atoms with Crippen molar-refractivity contribution in [2.24, 2.45) is 0 Å². The van der Waals surface area contributed by atoms with Gasteiger partial charge in [-0.3, -0.25) is 0 Å². The summed E-state index contributed by atoms with van der Waals surface area (Å²) < 4.78 is 0. The first-order chi connectivity index (χ1) is 8.19. The van der Waals surface area contributed by atoms with E-state index < -0.39 is 0 Å². The van der Waals surface area contributed by atoms with Gasteiger partial charge < -0.3 is 5.32 Å². The number of anilines is 2. The first kappa shape index (κ1) is 11.8. The van der Waals surface area contributed by atoms with E-state index in [-0.39, 0.29) is 0 Å². The number of nitrogens with zero attached hydrogens (tertiary/aromatic N) is 1. The third-order valence-corrected chi connectivity index (χ3v) is 2.79. The van der Waals surface area contributed by atoms with Crippen molar-refractivity contribution >= 4 is 34.6 Å². The lowest BCUT2D eigenvalue weighted by molar-refractivity contribution is 1.47. The second-order valence-corrected chi connectivity index (χ2v) is 4.28. The third-order valence-electron chi connectivity index (χ3n) is 2.22. The highest BCUT2D eigenvalue weighted by Crippen LogP contribution is 2.26. The molecule has 0 amide bonds. The summed E-state index contributed by atoms with van der Waals surface area (Å²) in [6.45, 7) is 0. The molecule has 0 saturated heterocycles. The van der Waals surface area contributed by atoms with Crippen LogP contribution in [-0.2, 0) is 0 Å². The molecule has 2 nitrogen and oxygen atoms in total. The Hall–Kier alpha value is -1.69. The molecule has 0 spiro atoms. The fourth-order valence-electron chi connectivity index (χ4n) is 1.37. The lowest BCUT2D eigenvalue weighted by atomic mass is 10.2. The van der Waals surface area contributed by atoms with Gasteiger partial charge in [-0.15, -0.1) is 0 Å². The quantitative estimate of drug-likeness (QED) is 0.858. The molecule has 2 aromatic rings. The molecule has 17 heavy (non-hydrogen) atoms. The smallest absolute Gasteiger partial charge is 0.0992 e. The predicted octanol–water partition coefficient (Wildman–Crippen LogP) is 4.61. The molecule has 84 valence electrons.